The molecule has 0 spiro atoms. The van der Waals surface area contributed by atoms with E-state index in [1.165, 1.54) is 10.8 Å². The lowest BCUT2D eigenvalue weighted by molar-refractivity contribution is 0.0405. The summed E-state index contributed by atoms with van der Waals surface area (Å²) in [6.45, 7) is 6.04. The highest BCUT2D eigenvalue weighted by atomic mass is 35.5. The summed E-state index contributed by atoms with van der Waals surface area (Å²) in [6, 6.07) is 18.3. The molecule has 0 bridgehead atoms. The van der Waals surface area contributed by atoms with E-state index in [4.69, 9.17) is 5.73 Å². The first-order chi connectivity index (χ1) is 10.4. The number of nitrogens with two attached hydrogens (primary N) is 1. The van der Waals surface area contributed by atoms with Gasteiger partial charge in [0.15, 0.2) is 0 Å². The zero-order chi connectivity index (χ0) is 15.9. The van der Waals surface area contributed by atoms with Crippen molar-refractivity contribution in [3.05, 3.63) is 60.2 Å². The summed E-state index contributed by atoms with van der Waals surface area (Å²) in [4.78, 5) is 0. The molecular weight excluding hydrogens is 306 g/mol. The Morgan fingerprint density at radius 2 is 1.39 bits per heavy atom. The second kappa shape index (κ2) is 6.48. The fourth-order valence-corrected chi connectivity index (χ4v) is 3.07. The molecule has 0 radical (unpaired) electrons. The van der Waals surface area contributed by atoms with E-state index in [-0.39, 0.29) is 17.8 Å². The van der Waals surface area contributed by atoms with Crippen molar-refractivity contribution in [2.45, 2.75) is 32.9 Å². The number of hydrogen-bond acceptors (Lipinski definition) is 2. The van der Waals surface area contributed by atoms with Gasteiger partial charge >= 0.3 is 0 Å². The normalized spacial score (nSPS) is 14.5. The Balaban J connectivity index is 0.00000192. The summed E-state index contributed by atoms with van der Waals surface area (Å²) in [6.07, 6.45) is -0.600. The summed E-state index contributed by atoms with van der Waals surface area (Å²) in [5, 5.41) is 15.3. The lowest BCUT2D eigenvalue weighted by atomic mass is 9.81. The summed E-state index contributed by atoms with van der Waals surface area (Å²) >= 11 is 0. The Bertz CT molecular complexity index is 823. The lowest BCUT2D eigenvalue weighted by Gasteiger charge is -2.31. The van der Waals surface area contributed by atoms with Crippen LogP contribution in [-0.4, -0.2) is 11.2 Å². The monoisotopic (exact) mass is 329 g/mol. The fraction of sp³-hybridized carbons (Fsp3) is 0.300. The van der Waals surface area contributed by atoms with E-state index < -0.39 is 12.1 Å². The molecule has 0 heterocycles. The number of hydrogen-bond donors (Lipinski definition) is 2. The zero-order valence-corrected chi connectivity index (χ0v) is 14.6. The first-order valence-corrected chi connectivity index (χ1v) is 7.73. The van der Waals surface area contributed by atoms with Crippen LogP contribution in [0.4, 0.5) is 0 Å². The number of halogens is 1. The van der Waals surface area contributed by atoms with Gasteiger partial charge in [0.25, 0.3) is 0 Å². The van der Waals surface area contributed by atoms with E-state index in [9.17, 15) is 5.11 Å². The molecule has 3 rings (SSSR count). The molecule has 3 N–H and O–H groups in total. The summed E-state index contributed by atoms with van der Waals surface area (Å²) in [5.41, 5.74) is 7.18. The summed E-state index contributed by atoms with van der Waals surface area (Å²) in [7, 11) is 0. The van der Waals surface area contributed by atoms with Crippen molar-refractivity contribution < 1.29 is 5.11 Å². The molecule has 0 aliphatic rings. The van der Waals surface area contributed by atoms with Crippen LogP contribution < -0.4 is 5.73 Å². The van der Waals surface area contributed by atoms with Crippen molar-refractivity contribution in [3.63, 3.8) is 0 Å². The first kappa shape index (κ1) is 17.7. The maximum atomic E-state index is 10.6. The Morgan fingerprint density at radius 1 is 0.870 bits per heavy atom. The van der Waals surface area contributed by atoms with Gasteiger partial charge in [0.05, 0.1) is 12.1 Å². The molecule has 0 unspecified atom stereocenters. The molecule has 2 nitrogen and oxygen atoms in total. The molecule has 0 aliphatic carbocycles. The van der Waals surface area contributed by atoms with E-state index in [1.54, 1.807) is 0 Å². The van der Waals surface area contributed by atoms with Gasteiger partial charge < -0.3 is 10.8 Å². The van der Waals surface area contributed by atoms with Crippen LogP contribution in [-0.2, 0) is 0 Å². The number of fused-ring (bicyclic) bond motifs is 3. The molecule has 3 aromatic carbocycles. The quantitative estimate of drug-likeness (QED) is 0.662. The Labute approximate surface area is 143 Å². The molecule has 0 saturated carbocycles. The van der Waals surface area contributed by atoms with Crippen LogP contribution in [0.15, 0.2) is 54.6 Å². The van der Waals surface area contributed by atoms with Gasteiger partial charge in [-0.25, -0.2) is 0 Å². The third-order valence-corrected chi connectivity index (χ3v) is 4.39. The molecule has 2 atom stereocenters. The summed E-state index contributed by atoms with van der Waals surface area (Å²) < 4.78 is 0. The van der Waals surface area contributed by atoms with Gasteiger partial charge in [-0.3, -0.25) is 0 Å². The maximum Gasteiger partial charge on any atom is 0.0781 e. The predicted molar refractivity (Wildman–Crippen MR) is 101 cm³/mol. The van der Waals surface area contributed by atoms with Crippen LogP contribution in [0.2, 0.25) is 0 Å². The second-order valence-corrected chi connectivity index (χ2v) is 7.07. The minimum absolute atomic E-state index is 0. The van der Waals surface area contributed by atoms with Gasteiger partial charge in [0.2, 0.25) is 0 Å². The van der Waals surface area contributed by atoms with E-state index in [1.807, 2.05) is 39.0 Å². The second-order valence-electron chi connectivity index (χ2n) is 7.07. The molecule has 0 fully saturated rings. The van der Waals surface area contributed by atoms with Crippen molar-refractivity contribution >= 4 is 34.0 Å². The smallest absolute Gasteiger partial charge is 0.0781 e. The zero-order valence-electron chi connectivity index (χ0n) is 13.8. The highest BCUT2D eigenvalue weighted by molar-refractivity contribution is 6.09. The Kier molecular flexibility index (Phi) is 5.00. The van der Waals surface area contributed by atoms with Gasteiger partial charge in [0.1, 0.15) is 0 Å². The van der Waals surface area contributed by atoms with Crippen molar-refractivity contribution in [3.8, 4) is 0 Å². The van der Waals surface area contributed by atoms with Crippen LogP contribution in [0.3, 0.4) is 0 Å². The molecule has 23 heavy (non-hydrogen) atoms. The molecule has 0 amide bonds. The lowest BCUT2D eigenvalue weighted by Crippen LogP contribution is -2.37. The standard InChI is InChI=1S/C20H23NO.ClH/c1-20(2,3)19(22)18(21)17-12-13-8-4-5-9-14(13)15-10-6-7-11-16(15)17;/h4-12,18-19,22H,21H2,1-3H3;1H/t18-,19-;/m0./s1. The first-order valence-electron chi connectivity index (χ1n) is 7.73. The van der Waals surface area contributed by atoms with Crippen molar-refractivity contribution in [1.29, 1.82) is 0 Å². The topological polar surface area (TPSA) is 46.2 Å². The van der Waals surface area contributed by atoms with Crippen molar-refractivity contribution in [1.82, 2.24) is 0 Å². The number of aliphatic hydroxyl groups is 1. The number of rotatable bonds is 2. The molecular formula is C20H24ClNO. The molecule has 0 aromatic heterocycles. The minimum Gasteiger partial charge on any atom is -0.391 e. The largest absolute Gasteiger partial charge is 0.391 e. The Hall–Kier alpha value is -1.61. The van der Waals surface area contributed by atoms with E-state index in [0.717, 1.165) is 16.3 Å². The molecule has 0 aliphatic heterocycles. The van der Waals surface area contributed by atoms with Gasteiger partial charge in [0, 0.05) is 0 Å². The van der Waals surface area contributed by atoms with Crippen LogP contribution in [0.1, 0.15) is 32.4 Å². The fourth-order valence-electron chi connectivity index (χ4n) is 3.07. The van der Waals surface area contributed by atoms with Gasteiger partial charge in [-0.15, -0.1) is 12.4 Å². The maximum absolute atomic E-state index is 10.6. The van der Waals surface area contributed by atoms with Gasteiger partial charge in [-0.05, 0) is 38.6 Å². The highest BCUT2D eigenvalue weighted by Gasteiger charge is 2.30. The molecule has 3 heteroatoms. The number of benzene rings is 3. The molecule has 122 valence electrons. The van der Waals surface area contributed by atoms with Crippen LogP contribution in [0, 0.1) is 5.41 Å². The average molecular weight is 330 g/mol. The molecule has 3 aromatic rings. The number of aliphatic hydroxyl groups excluding tert-OH is 1. The SMILES string of the molecule is CC(C)(C)[C@@H](O)[C@@H](N)c1cc2ccccc2c2ccccc12.Cl. The average Bonchev–Trinajstić information content (AvgIpc) is 2.52. The van der Waals surface area contributed by atoms with Crippen molar-refractivity contribution in [2.24, 2.45) is 11.1 Å². The van der Waals surface area contributed by atoms with Crippen molar-refractivity contribution in [2.75, 3.05) is 0 Å². The molecule has 0 saturated heterocycles. The van der Waals surface area contributed by atoms with Gasteiger partial charge in [-0.1, -0.05) is 69.3 Å². The third-order valence-electron chi connectivity index (χ3n) is 4.39. The van der Waals surface area contributed by atoms with E-state index >= 15 is 0 Å². The van der Waals surface area contributed by atoms with Crippen LogP contribution in [0.5, 0.6) is 0 Å². The minimum atomic E-state index is -0.600. The predicted octanol–water partition coefficient (Wildman–Crippen LogP) is 4.82. The van der Waals surface area contributed by atoms with Crippen LogP contribution >= 0.6 is 12.4 Å². The van der Waals surface area contributed by atoms with E-state index in [2.05, 4.69) is 36.4 Å². The Morgan fingerprint density at radius 3 is 2.00 bits per heavy atom. The third kappa shape index (κ3) is 3.20. The van der Waals surface area contributed by atoms with Gasteiger partial charge in [-0.2, -0.15) is 0 Å². The summed E-state index contributed by atoms with van der Waals surface area (Å²) in [5.74, 6) is 0. The highest BCUT2D eigenvalue weighted by Crippen LogP contribution is 2.35. The van der Waals surface area contributed by atoms with Crippen LogP contribution in [0.25, 0.3) is 21.5 Å². The van der Waals surface area contributed by atoms with E-state index in [0.29, 0.717) is 0 Å².